The molecule has 0 radical (unpaired) electrons. The molecular formula is C12H20N2O2. The Labute approximate surface area is 97.1 Å². The molecule has 0 aliphatic carbocycles. The van der Waals surface area contributed by atoms with Crippen molar-refractivity contribution in [1.82, 2.24) is 10.6 Å². The van der Waals surface area contributed by atoms with Gasteiger partial charge < -0.3 is 15.4 Å². The van der Waals surface area contributed by atoms with Gasteiger partial charge in [-0.1, -0.05) is 0 Å². The van der Waals surface area contributed by atoms with E-state index in [9.17, 15) is 4.79 Å². The Hall–Kier alpha value is -1.05. The molecule has 0 bridgehead atoms. The Morgan fingerprint density at radius 1 is 1.56 bits per heavy atom. The zero-order valence-corrected chi connectivity index (χ0v) is 9.79. The lowest BCUT2D eigenvalue weighted by Gasteiger charge is -2.23. The monoisotopic (exact) mass is 224 g/mol. The maximum Gasteiger partial charge on any atom is 0.234 e. The Bertz CT molecular complexity index is 254. The summed E-state index contributed by atoms with van der Waals surface area (Å²) in [6.07, 6.45) is 7.64. The fraction of sp³-hybridized carbons (Fsp3) is 0.750. The van der Waals surface area contributed by atoms with E-state index in [1.54, 1.807) is 0 Å². The number of terminal acetylenes is 1. The summed E-state index contributed by atoms with van der Waals surface area (Å²) in [5.41, 5.74) is 0. The molecule has 0 spiro atoms. The molecule has 1 heterocycles. The van der Waals surface area contributed by atoms with E-state index >= 15 is 0 Å². The van der Waals surface area contributed by atoms with Crippen LogP contribution in [0.25, 0.3) is 0 Å². The SMILES string of the molecule is C#CCC(C)NCC(=O)NC1CCOCC1. The van der Waals surface area contributed by atoms with Gasteiger partial charge in [-0.15, -0.1) is 12.3 Å². The molecule has 1 atom stereocenters. The van der Waals surface area contributed by atoms with Crippen molar-refractivity contribution in [2.45, 2.75) is 38.3 Å². The van der Waals surface area contributed by atoms with E-state index in [-0.39, 0.29) is 18.0 Å². The number of rotatable bonds is 5. The summed E-state index contributed by atoms with van der Waals surface area (Å²) in [7, 11) is 0. The summed E-state index contributed by atoms with van der Waals surface area (Å²) in [5.74, 6) is 2.60. The summed E-state index contributed by atoms with van der Waals surface area (Å²) in [4.78, 5) is 11.6. The molecule has 1 saturated heterocycles. The number of amides is 1. The van der Waals surface area contributed by atoms with E-state index < -0.39 is 0 Å². The van der Waals surface area contributed by atoms with Gasteiger partial charge in [0.05, 0.1) is 6.54 Å². The van der Waals surface area contributed by atoms with Crippen LogP contribution in [0.1, 0.15) is 26.2 Å². The van der Waals surface area contributed by atoms with Crippen LogP contribution in [0, 0.1) is 12.3 Å². The van der Waals surface area contributed by atoms with Crippen molar-refractivity contribution in [2.75, 3.05) is 19.8 Å². The minimum atomic E-state index is 0.0378. The Kier molecular flexibility index (Phi) is 5.91. The quantitative estimate of drug-likeness (QED) is 0.660. The zero-order chi connectivity index (χ0) is 11.8. The van der Waals surface area contributed by atoms with Crippen molar-refractivity contribution in [3.63, 3.8) is 0 Å². The summed E-state index contributed by atoms with van der Waals surface area (Å²) in [6, 6.07) is 0.455. The fourth-order valence-electron chi connectivity index (χ4n) is 1.64. The molecule has 4 nitrogen and oxygen atoms in total. The van der Waals surface area contributed by atoms with Crippen LogP contribution in [0.5, 0.6) is 0 Å². The maximum atomic E-state index is 11.6. The molecule has 1 fully saturated rings. The molecule has 0 aromatic heterocycles. The standard InChI is InChI=1S/C12H20N2O2/c1-3-4-10(2)13-9-12(15)14-11-5-7-16-8-6-11/h1,10-11,13H,4-9H2,2H3,(H,14,15). The third-order valence-electron chi connectivity index (χ3n) is 2.62. The Morgan fingerprint density at radius 2 is 2.25 bits per heavy atom. The van der Waals surface area contributed by atoms with Crippen molar-refractivity contribution < 1.29 is 9.53 Å². The van der Waals surface area contributed by atoms with Crippen molar-refractivity contribution >= 4 is 5.91 Å². The normalized spacial score (nSPS) is 18.8. The van der Waals surface area contributed by atoms with Crippen molar-refractivity contribution in [1.29, 1.82) is 0 Å². The predicted octanol–water partition coefficient (Wildman–Crippen LogP) is 0.283. The lowest BCUT2D eigenvalue weighted by Crippen LogP contribution is -2.44. The number of hydrogen-bond donors (Lipinski definition) is 2. The van der Waals surface area contributed by atoms with Crippen LogP contribution < -0.4 is 10.6 Å². The smallest absolute Gasteiger partial charge is 0.234 e. The topological polar surface area (TPSA) is 50.4 Å². The highest BCUT2D eigenvalue weighted by Gasteiger charge is 2.15. The second kappa shape index (κ2) is 7.26. The van der Waals surface area contributed by atoms with Crippen LogP contribution in [0.4, 0.5) is 0 Å². The van der Waals surface area contributed by atoms with Crippen LogP contribution in [0.15, 0.2) is 0 Å². The van der Waals surface area contributed by atoms with E-state index in [1.165, 1.54) is 0 Å². The van der Waals surface area contributed by atoms with Gasteiger partial charge in [0.25, 0.3) is 0 Å². The maximum absolute atomic E-state index is 11.6. The van der Waals surface area contributed by atoms with Crippen molar-refractivity contribution in [3.05, 3.63) is 0 Å². The van der Waals surface area contributed by atoms with Gasteiger partial charge in [0.2, 0.25) is 5.91 Å². The van der Waals surface area contributed by atoms with Crippen LogP contribution in [-0.2, 0) is 9.53 Å². The van der Waals surface area contributed by atoms with E-state index in [4.69, 9.17) is 11.2 Å². The van der Waals surface area contributed by atoms with Gasteiger partial charge in [-0.25, -0.2) is 0 Å². The number of carbonyl (C=O) groups excluding carboxylic acids is 1. The predicted molar refractivity (Wildman–Crippen MR) is 62.9 cm³/mol. The van der Waals surface area contributed by atoms with Crippen LogP contribution >= 0.6 is 0 Å². The highest BCUT2D eigenvalue weighted by molar-refractivity contribution is 5.78. The van der Waals surface area contributed by atoms with E-state index in [0.717, 1.165) is 26.1 Å². The first kappa shape index (κ1) is 13.0. The molecule has 4 heteroatoms. The second-order valence-corrected chi connectivity index (χ2v) is 4.14. The fourth-order valence-corrected chi connectivity index (χ4v) is 1.64. The number of nitrogens with one attached hydrogen (secondary N) is 2. The van der Waals surface area contributed by atoms with Gasteiger partial charge >= 0.3 is 0 Å². The van der Waals surface area contributed by atoms with Crippen LogP contribution in [-0.4, -0.2) is 37.7 Å². The van der Waals surface area contributed by atoms with Gasteiger partial charge in [-0.3, -0.25) is 4.79 Å². The van der Waals surface area contributed by atoms with E-state index in [2.05, 4.69) is 16.6 Å². The molecule has 2 N–H and O–H groups in total. The van der Waals surface area contributed by atoms with Crippen molar-refractivity contribution in [3.8, 4) is 12.3 Å². The first-order valence-electron chi connectivity index (χ1n) is 5.76. The summed E-state index contributed by atoms with van der Waals surface area (Å²) >= 11 is 0. The highest BCUT2D eigenvalue weighted by atomic mass is 16.5. The van der Waals surface area contributed by atoms with Gasteiger partial charge in [-0.05, 0) is 19.8 Å². The highest BCUT2D eigenvalue weighted by Crippen LogP contribution is 2.05. The zero-order valence-electron chi connectivity index (χ0n) is 9.79. The average molecular weight is 224 g/mol. The molecule has 1 rings (SSSR count). The molecule has 1 amide bonds. The summed E-state index contributed by atoms with van der Waals surface area (Å²) in [5, 5.41) is 6.07. The molecule has 1 aliphatic rings. The minimum Gasteiger partial charge on any atom is -0.381 e. The molecule has 16 heavy (non-hydrogen) atoms. The molecule has 0 aromatic rings. The summed E-state index contributed by atoms with van der Waals surface area (Å²) in [6.45, 7) is 3.79. The molecule has 0 saturated carbocycles. The van der Waals surface area contributed by atoms with E-state index in [0.29, 0.717) is 13.0 Å². The second-order valence-electron chi connectivity index (χ2n) is 4.14. The Balaban J connectivity index is 2.12. The first-order valence-corrected chi connectivity index (χ1v) is 5.76. The van der Waals surface area contributed by atoms with E-state index in [1.807, 2.05) is 6.92 Å². The Morgan fingerprint density at radius 3 is 2.88 bits per heavy atom. The molecule has 1 aliphatic heterocycles. The third kappa shape index (κ3) is 5.15. The molecule has 90 valence electrons. The largest absolute Gasteiger partial charge is 0.381 e. The third-order valence-corrected chi connectivity index (χ3v) is 2.62. The minimum absolute atomic E-state index is 0.0378. The first-order chi connectivity index (χ1) is 7.72. The number of carbonyl (C=O) groups is 1. The van der Waals surface area contributed by atoms with Crippen LogP contribution in [0.3, 0.4) is 0 Å². The lowest BCUT2D eigenvalue weighted by molar-refractivity contribution is -0.121. The molecule has 0 aromatic carbocycles. The molecule has 1 unspecified atom stereocenters. The number of hydrogen-bond acceptors (Lipinski definition) is 3. The lowest BCUT2D eigenvalue weighted by atomic mass is 10.1. The van der Waals surface area contributed by atoms with Gasteiger partial charge in [-0.2, -0.15) is 0 Å². The average Bonchev–Trinajstić information content (AvgIpc) is 2.28. The number of ether oxygens (including phenoxy) is 1. The molecular weight excluding hydrogens is 204 g/mol. The van der Waals surface area contributed by atoms with Crippen molar-refractivity contribution in [2.24, 2.45) is 0 Å². The van der Waals surface area contributed by atoms with Gasteiger partial charge in [0, 0.05) is 31.7 Å². The van der Waals surface area contributed by atoms with Crippen LogP contribution in [0.2, 0.25) is 0 Å². The van der Waals surface area contributed by atoms with Gasteiger partial charge in [0.1, 0.15) is 0 Å². The summed E-state index contributed by atoms with van der Waals surface area (Å²) < 4.78 is 5.22. The van der Waals surface area contributed by atoms with Gasteiger partial charge in [0.15, 0.2) is 0 Å².